The molecule has 5 rings (SSSR count). The minimum atomic E-state index is -0.862. The van der Waals surface area contributed by atoms with Crippen LogP contribution in [0.15, 0.2) is 70.9 Å². The molecule has 0 aliphatic carbocycles. The molecule has 2 aromatic carbocycles. The van der Waals surface area contributed by atoms with Gasteiger partial charge >= 0.3 is 5.97 Å². The number of aliphatic hydroxyl groups is 1. The number of carbonyl (C=O) groups is 2. The van der Waals surface area contributed by atoms with Gasteiger partial charge in [-0.2, -0.15) is 0 Å². The maximum atomic E-state index is 13.2. The van der Waals surface area contributed by atoms with Gasteiger partial charge in [-0.25, -0.2) is 4.79 Å². The molecule has 3 aromatic rings. The van der Waals surface area contributed by atoms with E-state index in [-0.39, 0.29) is 29.9 Å². The number of benzene rings is 2. The third kappa shape index (κ3) is 4.27. The lowest BCUT2D eigenvalue weighted by Gasteiger charge is -2.44. The summed E-state index contributed by atoms with van der Waals surface area (Å²) < 4.78 is 11.1. The monoisotopic (exact) mass is 489 g/mol. The van der Waals surface area contributed by atoms with Crippen LogP contribution in [-0.2, 0) is 27.4 Å². The summed E-state index contributed by atoms with van der Waals surface area (Å²) in [5.74, 6) is -1.32. The highest BCUT2D eigenvalue weighted by Crippen LogP contribution is 2.47. The van der Waals surface area contributed by atoms with Crippen LogP contribution < -0.4 is 0 Å². The van der Waals surface area contributed by atoms with Crippen molar-refractivity contribution in [1.82, 2.24) is 10.1 Å². The largest absolute Gasteiger partial charge is 0.456 e. The Balaban J connectivity index is 1.39. The number of amides is 1. The van der Waals surface area contributed by atoms with E-state index < -0.39 is 22.9 Å². The number of ether oxygens (including phenoxy) is 1. The minimum absolute atomic E-state index is 0.0688. The van der Waals surface area contributed by atoms with Gasteiger partial charge in [-0.1, -0.05) is 35.5 Å². The fourth-order valence-electron chi connectivity index (χ4n) is 4.75. The molecule has 10 nitrogen and oxygen atoms in total. The number of fused-ring (bicyclic) bond motifs is 1. The first kappa shape index (κ1) is 23.4. The summed E-state index contributed by atoms with van der Waals surface area (Å²) in [5, 5.41) is 25.1. The summed E-state index contributed by atoms with van der Waals surface area (Å²) in [5.41, 5.74) is 2.79. The highest BCUT2D eigenvalue weighted by Gasteiger charge is 2.57. The van der Waals surface area contributed by atoms with Gasteiger partial charge in [0.1, 0.15) is 12.3 Å². The van der Waals surface area contributed by atoms with Crippen molar-refractivity contribution in [2.45, 2.75) is 38.5 Å². The molecule has 1 fully saturated rings. The number of esters is 1. The SMILES string of the molecule is C[C@@H](O)[C@H]1C(=O)N2C(C(=O)OCc3ccc([N+](=O)[O-])cc3)=C(c3cc(Cc4ccccc4)no3)C[C@H]12. The molecule has 1 aromatic heterocycles. The molecule has 0 unspecified atom stereocenters. The fourth-order valence-corrected chi connectivity index (χ4v) is 4.75. The molecule has 1 saturated heterocycles. The Morgan fingerprint density at radius 2 is 1.94 bits per heavy atom. The van der Waals surface area contributed by atoms with Gasteiger partial charge in [0, 0.05) is 36.6 Å². The van der Waals surface area contributed by atoms with Crippen LogP contribution in [0.4, 0.5) is 5.69 Å². The van der Waals surface area contributed by atoms with Crippen LogP contribution in [0.2, 0.25) is 0 Å². The van der Waals surface area contributed by atoms with Crippen LogP contribution in [0, 0.1) is 16.0 Å². The van der Waals surface area contributed by atoms with E-state index in [0.29, 0.717) is 35.4 Å². The minimum Gasteiger partial charge on any atom is -0.456 e. The van der Waals surface area contributed by atoms with Gasteiger partial charge in [-0.15, -0.1) is 0 Å². The third-order valence-electron chi connectivity index (χ3n) is 6.52. The molecular weight excluding hydrogens is 466 g/mol. The normalized spacial score (nSPS) is 19.6. The number of hydrogen-bond acceptors (Lipinski definition) is 8. The second-order valence-corrected chi connectivity index (χ2v) is 8.92. The quantitative estimate of drug-likeness (QED) is 0.220. The molecule has 2 aliphatic heterocycles. The number of rotatable bonds is 8. The molecule has 0 bridgehead atoms. The molecule has 0 radical (unpaired) electrons. The Kier molecular flexibility index (Phi) is 6.11. The average Bonchev–Trinajstić information content (AvgIpc) is 3.45. The lowest BCUT2D eigenvalue weighted by Crippen LogP contribution is -2.61. The van der Waals surface area contributed by atoms with Gasteiger partial charge in [-0.3, -0.25) is 14.9 Å². The first-order chi connectivity index (χ1) is 17.3. The van der Waals surface area contributed by atoms with Gasteiger partial charge in [-0.05, 0) is 30.2 Å². The predicted molar refractivity (Wildman–Crippen MR) is 126 cm³/mol. The van der Waals surface area contributed by atoms with Crippen molar-refractivity contribution in [3.05, 3.63) is 99.1 Å². The molecular formula is C26H23N3O7. The van der Waals surface area contributed by atoms with Crippen molar-refractivity contribution in [3.8, 4) is 0 Å². The van der Waals surface area contributed by atoms with Crippen LogP contribution >= 0.6 is 0 Å². The van der Waals surface area contributed by atoms with E-state index in [1.54, 1.807) is 13.0 Å². The topological polar surface area (TPSA) is 136 Å². The maximum Gasteiger partial charge on any atom is 0.355 e. The third-order valence-corrected chi connectivity index (χ3v) is 6.52. The average molecular weight is 489 g/mol. The number of aromatic nitrogens is 1. The predicted octanol–water partition coefficient (Wildman–Crippen LogP) is 3.24. The first-order valence-corrected chi connectivity index (χ1v) is 11.5. The van der Waals surface area contributed by atoms with E-state index in [2.05, 4.69) is 5.16 Å². The molecule has 0 saturated carbocycles. The number of nitro groups is 1. The van der Waals surface area contributed by atoms with Gasteiger partial charge in [0.15, 0.2) is 5.76 Å². The standard InChI is InChI=1S/C26H23N3O7/c1-15(30)23-21-13-20(22-12-18(27-36-22)11-16-5-3-2-4-6-16)24(28(21)25(23)31)26(32)35-14-17-7-9-19(10-8-17)29(33)34/h2-10,12,15,21,23,30H,11,13-14H2,1H3/t15-,21-,23-/m1/s1. The van der Waals surface area contributed by atoms with Gasteiger partial charge < -0.3 is 19.3 Å². The van der Waals surface area contributed by atoms with E-state index >= 15 is 0 Å². The Bertz CT molecular complexity index is 1350. The van der Waals surface area contributed by atoms with E-state index in [9.17, 15) is 24.8 Å². The van der Waals surface area contributed by atoms with E-state index in [0.717, 1.165) is 5.56 Å². The van der Waals surface area contributed by atoms with Crippen molar-refractivity contribution < 1.29 is 28.9 Å². The van der Waals surface area contributed by atoms with Crippen molar-refractivity contribution in [1.29, 1.82) is 0 Å². The number of carbonyl (C=O) groups excluding carboxylic acids is 2. The van der Waals surface area contributed by atoms with Gasteiger partial charge in [0.05, 0.1) is 28.7 Å². The second-order valence-electron chi connectivity index (χ2n) is 8.92. The fraction of sp³-hybridized carbons (Fsp3) is 0.269. The van der Waals surface area contributed by atoms with Gasteiger partial charge in [0.2, 0.25) is 5.91 Å². The maximum absolute atomic E-state index is 13.2. The van der Waals surface area contributed by atoms with Crippen LogP contribution in [0.25, 0.3) is 5.57 Å². The molecule has 2 aliphatic rings. The van der Waals surface area contributed by atoms with Crippen LogP contribution in [-0.4, -0.2) is 44.1 Å². The lowest BCUT2D eigenvalue weighted by molar-refractivity contribution is -0.384. The van der Waals surface area contributed by atoms with Gasteiger partial charge in [0.25, 0.3) is 5.69 Å². The molecule has 10 heteroatoms. The first-order valence-electron chi connectivity index (χ1n) is 11.5. The van der Waals surface area contributed by atoms with E-state index in [4.69, 9.17) is 9.26 Å². The number of nitro benzene ring substituents is 1. The molecule has 1 amide bonds. The van der Waals surface area contributed by atoms with E-state index in [1.807, 2.05) is 30.3 Å². The Morgan fingerprint density at radius 1 is 1.22 bits per heavy atom. The highest BCUT2D eigenvalue weighted by atomic mass is 16.6. The number of aliphatic hydroxyl groups excluding tert-OH is 1. The van der Waals surface area contributed by atoms with Crippen molar-refractivity contribution in [2.24, 2.45) is 5.92 Å². The number of nitrogens with zero attached hydrogens (tertiary/aromatic N) is 3. The number of non-ortho nitro benzene ring substituents is 1. The zero-order chi connectivity index (χ0) is 25.4. The number of β-lactam (4-membered cyclic amide) rings is 1. The Morgan fingerprint density at radius 3 is 2.61 bits per heavy atom. The smallest absolute Gasteiger partial charge is 0.355 e. The Hall–Kier alpha value is -4.31. The second kappa shape index (κ2) is 9.38. The number of hydrogen-bond donors (Lipinski definition) is 1. The van der Waals surface area contributed by atoms with Crippen molar-refractivity contribution in [3.63, 3.8) is 0 Å². The van der Waals surface area contributed by atoms with Crippen LogP contribution in [0.1, 0.15) is 35.9 Å². The summed E-state index contributed by atoms with van der Waals surface area (Å²) in [6.07, 6.45) is 0.00207. The zero-order valence-electron chi connectivity index (χ0n) is 19.4. The zero-order valence-corrected chi connectivity index (χ0v) is 19.4. The van der Waals surface area contributed by atoms with E-state index in [1.165, 1.54) is 29.2 Å². The summed E-state index contributed by atoms with van der Waals surface area (Å²) in [6, 6.07) is 16.8. The molecule has 3 atom stereocenters. The summed E-state index contributed by atoms with van der Waals surface area (Å²) >= 11 is 0. The van der Waals surface area contributed by atoms with Crippen molar-refractivity contribution >= 4 is 23.1 Å². The summed E-state index contributed by atoms with van der Waals surface area (Å²) in [6.45, 7) is 1.42. The van der Waals surface area contributed by atoms with Crippen LogP contribution in [0.5, 0.6) is 0 Å². The molecule has 0 spiro atoms. The molecule has 1 N–H and O–H groups in total. The summed E-state index contributed by atoms with van der Waals surface area (Å²) in [7, 11) is 0. The van der Waals surface area contributed by atoms with Crippen molar-refractivity contribution in [2.75, 3.05) is 0 Å². The molecule has 184 valence electrons. The molecule has 3 heterocycles. The van der Waals surface area contributed by atoms with Crippen LogP contribution in [0.3, 0.4) is 0 Å². The highest BCUT2D eigenvalue weighted by molar-refractivity contribution is 6.06. The molecule has 36 heavy (non-hydrogen) atoms. The lowest BCUT2D eigenvalue weighted by atomic mass is 9.83. The Labute approximate surface area is 205 Å². The summed E-state index contributed by atoms with van der Waals surface area (Å²) in [4.78, 5) is 37.7.